The highest BCUT2D eigenvalue weighted by molar-refractivity contribution is 5.04. The Morgan fingerprint density at radius 1 is 1.86 bits per heavy atom. The van der Waals surface area contributed by atoms with E-state index in [1.807, 2.05) is 6.08 Å². The molecule has 7 heavy (non-hydrogen) atoms. The summed E-state index contributed by atoms with van der Waals surface area (Å²) in [6, 6.07) is 0. The fourth-order valence-electron chi connectivity index (χ4n) is 0.443. The van der Waals surface area contributed by atoms with Gasteiger partial charge in [-0.15, -0.1) is 0 Å². The van der Waals surface area contributed by atoms with Crippen molar-refractivity contribution in [3.8, 4) is 0 Å². The molecule has 1 aliphatic rings. The van der Waals surface area contributed by atoms with Crippen LogP contribution < -0.4 is 5.73 Å². The van der Waals surface area contributed by atoms with Crippen molar-refractivity contribution in [3.05, 3.63) is 11.8 Å². The van der Waals surface area contributed by atoms with Crippen molar-refractivity contribution in [2.45, 2.75) is 0 Å². The second-order valence-corrected chi connectivity index (χ2v) is 1.32. The first-order chi connectivity index (χ1) is 3.43. The highest BCUT2D eigenvalue weighted by atomic mass is 15.1. The molecule has 0 bridgehead atoms. The minimum atomic E-state index is 0.517. The molecule has 0 radical (unpaired) electrons. The number of azo groups is 1. The van der Waals surface area contributed by atoms with E-state index in [9.17, 15) is 0 Å². The third-order valence-corrected chi connectivity index (χ3v) is 0.817. The zero-order valence-electron chi connectivity index (χ0n) is 3.96. The molecule has 0 spiro atoms. The number of hydrogen-bond donors (Lipinski definition) is 1. The minimum absolute atomic E-state index is 0.517. The summed E-state index contributed by atoms with van der Waals surface area (Å²) in [5, 5.41) is 7.40. The van der Waals surface area contributed by atoms with Crippen molar-refractivity contribution >= 4 is 0 Å². The van der Waals surface area contributed by atoms with Gasteiger partial charge in [0.05, 0.1) is 12.2 Å². The van der Waals surface area contributed by atoms with Crippen molar-refractivity contribution in [2.24, 2.45) is 16.0 Å². The third kappa shape index (κ3) is 0.838. The molecule has 0 aromatic heterocycles. The summed E-state index contributed by atoms with van der Waals surface area (Å²) in [6.45, 7) is 1.23. The van der Waals surface area contributed by atoms with Crippen LogP contribution in [0.25, 0.3) is 0 Å². The maximum Gasteiger partial charge on any atom is 0.0805 e. The van der Waals surface area contributed by atoms with Gasteiger partial charge in [-0.1, -0.05) is 0 Å². The van der Waals surface area contributed by atoms with Crippen LogP contribution in [0.5, 0.6) is 0 Å². The minimum Gasteiger partial charge on any atom is -0.325 e. The number of rotatable bonds is 1. The summed E-state index contributed by atoms with van der Waals surface area (Å²) in [7, 11) is 0. The Morgan fingerprint density at radius 2 is 2.71 bits per heavy atom. The maximum atomic E-state index is 5.21. The van der Waals surface area contributed by atoms with Gasteiger partial charge in [-0.05, 0) is 6.08 Å². The van der Waals surface area contributed by atoms with Gasteiger partial charge in [-0.25, -0.2) is 0 Å². The van der Waals surface area contributed by atoms with Crippen LogP contribution in [-0.4, -0.2) is 13.1 Å². The van der Waals surface area contributed by atoms with Crippen LogP contribution in [0.15, 0.2) is 22.0 Å². The van der Waals surface area contributed by atoms with Crippen molar-refractivity contribution in [2.75, 3.05) is 13.1 Å². The van der Waals surface area contributed by atoms with E-state index in [0.29, 0.717) is 13.1 Å². The number of hydrogen-bond acceptors (Lipinski definition) is 3. The first-order valence-electron chi connectivity index (χ1n) is 2.20. The molecule has 0 fully saturated rings. The van der Waals surface area contributed by atoms with Crippen molar-refractivity contribution in [1.82, 2.24) is 0 Å². The summed E-state index contributed by atoms with van der Waals surface area (Å²) < 4.78 is 0. The van der Waals surface area contributed by atoms with E-state index in [1.54, 1.807) is 0 Å². The van der Waals surface area contributed by atoms with Crippen LogP contribution in [-0.2, 0) is 0 Å². The monoisotopic (exact) mass is 97.1 g/mol. The molecule has 38 valence electrons. The predicted molar refractivity (Wildman–Crippen MR) is 26.9 cm³/mol. The first-order valence-corrected chi connectivity index (χ1v) is 2.20. The van der Waals surface area contributed by atoms with Gasteiger partial charge in [0, 0.05) is 6.54 Å². The Balaban J connectivity index is 2.52. The second kappa shape index (κ2) is 1.84. The molecule has 1 aliphatic heterocycles. The number of nitrogens with zero attached hydrogens (tertiary/aromatic N) is 2. The molecule has 3 heteroatoms. The molecule has 0 aliphatic carbocycles. The quantitative estimate of drug-likeness (QED) is 0.502. The molecule has 2 N–H and O–H groups in total. The smallest absolute Gasteiger partial charge is 0.0805 e. The SMILES string of the molecule is NCC1=CCN=N1. The molecule has 0 unspecified atom stereocenters. The zero-order valence-corrected chi connectivity index (χ0v) is 3.96. The lowest BCUT2D eigenvalue weighted by Gasteiger charge is -1.81. The van der Waals surface area contributed by atoms with E-state index in [1.165, 1.54) is 0 Å². The predicted octanol–water partition coefficient (Wildman–Crippen LogP) is 0.295. The van der Waals surface area contributed by atoms with E-state index in [0.717, 1.165) is 5.70 Å². The molecule has 0 aromatic rings. The summed E-state index contributed by atoms with van der Waals surface area (Å²) in [4.78, 5) is 0. The molecule has 1 rings (SSSR count). The van der Waals surface area contributed by atoms with Crippen molar-refractivity contribution in [1.29, 1.82) is 0 Å². The summed E-state index contributed by atoms with van der Waals surface area (Å²) in [6.07, 6.45) is 1.92. The molecule has 0 saturated heterocycles. The average Bonchev–Trinajstić information content (AvgIpc) is 2.14. The van der Waals surface area contributed by atoms with Crippen molar-refractivity contribution < 1.29 is 0 Å². The van der Waals surface area contributed by atoms with Crippen LogP contribution in [0, 0.1) is 0 Å². The molecule has 0 amide bonds. The molecular formula is C4H7N3. The first kappa shape index (κ1) is 4.46. The molecule has 3 nitrogen and oxygen atoms in total. The van der Waals surface area contributed by atoms with Gasteiger partial charge in [-0.3, -0.25) is 0 Å². The Kier molecular flexibility index (Phi) is 1.17. The zero-order chi connectivity index (χ0) is 5.11. The molecule has 0 aromatic carbocycles. The summed E-state index contributed by atoms with van der Waals surface area (Å²) >= 11 is 0. The van der Waals surface area contributed by atoms with Gasteiger partial charge < -0.3 is 5.73 Å². The highest BCUT2D eigenvalue weighted by Gasteiger charge is 1.93. The van der Waals surface area contributed by atoms with Crippen LogP contribution in [0.3, 0.4) is 0 Å². The van der Waals surface area contributed by atoms with Gasteiger partial charge in [0.15, 0.2) is 0 Å². The number of nitrogens with two attached hydrogens (primary N) is 1. The van der Waals surface area contributed by atoms with Crippen LogP contribution in [0.4, 0.5) is 0 Å². The average molecular weight is 97.1 g/mol. The lowest BCUT2D eigenvalue weighted by molar-refractivity contribution is 1.05. The molecule has 1 heterocycles. The highest BCUT2D eigenvalue weighted by Crippen LogP contribution is 2.01. The van der Waals surface area contributed by atoms with E-state index in [-0.39, 0.29) is 0 Å². The van der Waals surface area contributed by atoms with Crippen LogP contribution >= 0.6 is 0 Å². The molecule has 0 saturated carbocycles. The Labute approximate surface area is 41.9 Å². The van der Waals surface area contributed by atoms with Crippen LogP contribution in [0.1, 0.15) is 0 Å². The Morgan fingerprint density at radius 3 is 3.00 bits per heavy atom. The van der Waals surface area contributed by atoms with Gasteiger partial charge in [-0.2, -0.15) is 10.2 Å². The van der Waals surface area contributed by atoms with E-state index < -0.39 is 0 Å². The van der Waals surface area contributed by atoms with E-state index in [2.05, 4.69) is 10.2 Å². The summed E-state index contributed by atoms with van der Waals surface area (Å²) in [5.74, 6) is 0. The normalized spacial score (nSPS) is 17.6. The van der Waals surface area contributed by atoms with Crippen molar-refractivity contribution in [3.63, 3.8) is 0 Å². The third-order valence-electron chi connectivity index (χ3n) is 0.817. The van der Waals surface area contributed by atoms with Gasteiger partial charge >= 0.3 is 0 Å². The van der Waals surface area contributed by atoms with Gasteiger partial charge in [0.1, 0.15) is 0 Å². The van der Waals surface area contributed by atoms with Gasteiger partial charge in [0.2, 0.25) is 0 Å². The lowest BCUT2D eigenvalue weighted by Crippen LogP contribution is -1.98. The Hall–Kier alpha value is -0.700. The fourth-order valence-corrected chi connectivity index (χ4v) is 0.443. The topological polar surface area (TPSA) is 50.7 Å². The Bertz CT molecular complexity index is 114. The largest absolute Gasteiger partial charge is 0.325 e. The van der Waals surface area contributed by atoms with E-state index in [4.69, 9.17) is 5.73 Å². The standard InChI is InChI=1S/C4H7N3/c5-3-4-1-2-6-7-4/h1H,2-3,5H2. The fraction of sp³-hybridized carbons (Fsp3) is 0.500. The lowest BCUT2D eigenvalue weighted by atomic mass is 10.4. The maximum absolute atomic E-state index is 5.21. The van der Waals surface area contributed by atoms with Gasteiger partial charge in [0.25, 0.3) is 0 Å². The molecular weight excluding hydrogens is 90.1 g/mol. The molecule has 0 atom stereocenters. The second-order valence-electron chi connectivity index (χ2n) is 1.32. The summed E-state index contributed by atoms with van der Waals surface area (Å²) in [5.41, 5.74) is 6.11. The van der Waals surface area contributed by atoms with E-state index >= 15 is 0 Å². The van der Waals surface area contributed by atoms with Crippen LogP contribution in [0.2, 0.25) is 0 Å².